The molecule has 0 aromatic rings. The topological polar surface area (TPSA) is 49.8 Å². The van der Waals surface area contributed by atoms with E-state index in [0.29, 0.717) is 6.61 Å². The minimum absolute atomic E-state index is 0.0854. The van der Waals surface area contributed by atoms with Gasteiger partial charge in [-0.15, -0.1) is 0 Å². The van der Waals surface area contributed by atoms with Gasteiger partial charge in [0.1, 0.15) is 0 Å². The predicted octanol–water partition coefficient (Wildman–Crippen LogP) is 1.56. The SMILES string of the molecule is CCOC(=O)C1(C)CCN(C2CCCCC2O)C1. The molecule has 3 unspecified atom stereocenters. The van der Waals surface area contributed by atoms with E-state index in [2.05, 4.69) is 4.90 Å². The number of ether oxygens (including phenoxy) is 1. The van der Waals surface area contributed by atoms with Gasteiger partial charge in [0.05, 0.1) is 18.1 Å². The minimum Gasteiger partial charge on any atom is -0.466 e. The second-order valence-corrected chi connectivity index (χ2v) is 5.92. The first-order valence-electron chi connectivity index (χ1n) is 7.16. The number of rotatable bonds is 3. The monoisotopic (exact) mass is 255 g/mol. The highest BCUT2D eigenvalue weighted by molar-refractivity contribution is 5.77. The molecule has 4 heteroatoms. The lowest BCUT2D eigenvalue weighted by molar-refractivity contribution is -0.153. The number of carbonyl (C=O) groups excluding carboxylic acids is 1. The van der Waals surface area contributed by atoms with Crippen LogP contribution in [0.5, 0.6) is 0 Å². The number of carbonyl (C=O) groups is 1. The van der Waals surface area contributed by atoms with Crippen LogP contribution in [0, 0.1) is 5.41 Å². The molecule has 104 valence electrons. The van der Waals surface area contributed by atoms with Crippen LogP contribution in [0.2, 0.25) is 0 Å². The average molecular weight is 255 g/mol. The fraction of sp³-hybridized carbons (Fsp3) is 0.929. The molecule has 1 aliphatic heterocycles. The second kappa shape index (κ2) is 5.57. The Morgan fingerprint density at radius 2 is 2.17 bits per heavy atom. The fourth-order valence-corrected chi connectivity index (χ4v) is 3.27. The molecule has 0 radical (unpaired) electrons. The zero-order chi connectivity index (χ0) is 13.2. The van der Waals surface area contributed by atoms with Gasteiger partial charge in [0.2, 0.25) is 0 Å². The number of aliphatic hydroxyl groups is 1. The van der Waals surface area contributed by atoms with Crippen LogP contribution in [0.25, 0.3) is 0 Å². The molecule has 0 spiro atoms. The van der Waals surface area contributed by atoms with Crippen LogP contribution in [-0.2, 0) is 9.53 Å². The van der Waals surface area contributed by atoms with Gasteiger partial charge >= 0.3 is 5.97 Å². The van der Waals surface area contributed by atoms with Gasteiger partial charge in [-0.05, 0) is 39.7 Å². The Morgan fingerprint density at radius 1 is 1.44 bits per heavy atom. The highest BCUT2D eigenvalue weighted by atomic mass is 16.5. The molecule has 1 saturated carbocycles. The Balaban J connectivity index is 1.96. The van der Waals surface area contributed by atoms with E-state index >= 15 is 0 Å². The first-order chi connectivity index (χ1) is 8.57. The van der Waals surface area contributed by atoms with Crippen molar-refractivity contribution in [2.45, 2.75) is 58.1 Å². The minimum atomic E-state index is -0.382. The highest BCUT2D eigenvalue weighted by Gasteiger charge is 2.44. The number of hydrogen-bond donors (Lipinski definition) is 1. The van der Waals surface area contributed by atoms with Crippen LogP contribution < -0.4 is 0 Å². The van der Waals surface area contributed by atoms with Crippen molar-refractivity contribution < 1.29 is 14.6 Å². The van der Waals surface area contributed by atoms with Crippen molar-refractivity contribution in [3.63, 3.8) is 0 Å². The predicted molar refractivity (Wildman–Crippen MR) is 69.2 cm³/mol. The Hall–Kier alpha value is -0.610. The number of hydrogen-bond acceptors (Lipinski definition) is 4. The molecule has 4 nitrogen and oxygen atoms in total. The van der Waals surface area contributed by atoms with E-state index in [1.807, 2.05) is 13.8 Å². The largest absolute Gasteiger partial charge is 0.466 e. The molecule has 3 atom stereocenters. The molecule has 1 saturated heterocycles. The molecule has 2 fully saturated rings. The quantitative estimate of drug-likeness (QED) is 0.778. The first kappa shape index (κ1) is 13.8. The number of aliphatic hydroxyl groups excluding tert-OH is 1. The van der Waals surface area contributed by atoms with Gasteiger partial charge in [-0.2, -0.15) is 0 Å². The van der Waals surface area contributed by atoms with Gasteiger partial charge in [0.25, 0.3) is 0 Å². The maximum absolute atomic E-state index is 12.0. The van der Waals surface area contributed by atoms with E-state index in [9.17, 15) is 9.90 Å². The Labute approximate surface area is 109 Å². The van der Waals surface area contributed by atoms with Crippen LogP contribution >= 0.6 is 0 Å². The third-order valence-corrected chi connectivity index (χ3v) is 4.43. The number of nitrogens with zero attached hydrogens (tertiary/aromatic N) is 1. The molecule has 18 heavy (non-hydrogen) atoms. The Bertz CT molecular complexity index is 307. The van der Waals surface area contributed by atoms with Crippen LogP contribution in [0.3, 0.4) is 0 Å². The van der Waals surface area contributed by atoms with E-state index in [1.165, 1.54) is 6.42 Å². The van der Waals surface area contributed by atoms with Crippen molar-refractivity contribution >= 4 is 5.97 Å². The van der Waals surface area contributed by atoms with E-state index in [-0.39, 0.29) is 23.5 Å². The van der Waals surface area contributed by atoms with Crippen molar-refractivity contribution in [3.05, 3.63) is 0 Å². The van der Waals surface area contributed by atoms with Gasteiger partial charge in [-0.25, -0.2) is 0 Å². The summed E-state index contributed by atoms with van der Waals surface area (Å²) in [7, 11) is 0. The lowest BCUT2D eigenvalue weighted by Crippen LogP contribution is -2.45. The Kier molecular flexibility index (Phi) is 4.28. The summed E-state index contributed by atoms with van der Waals surface area (Å²) in [6, 6.07) is 0.245. The van der Waals surface area contributed by atoms with Gasteiger partial charge in [0, 0.05) is 12.6 Å². The van der Waals surface area contributed by atoms with Gasteiger partial charge < -0.3 is 9.84 Å². The zero-order valence-electron chi connectivity index (χ0n) is 11.5. The summed E-state index contributed by atoms with van der Waals surface area (Å²) in [6.07, 6.45) is 4.89. The smallest absolute Gasteiger partial charge is 0.313 e. The molecule has 2 aliphatic rings. The van der Waals surface area contributed by atoms with E-state index in [1.54, 1.807) is 0 Å². The van der Waals surface area contributed by atoms with Gasteiger partial charge in [0.15, 0.2) is 0 Å². The highest BCUT2D eigenvalue weighted by Crippen LogP contribution is 2.35. The maximum atomic E-state index is 12.0. The summed E-state index contributed by atoms with van der Waals surface area (Å²) in [5.41, 5.74) is -0.382. The van der Waals surface area contributed by atoms with E-state index < -0.39 is 0 Å². The van der Waals surface area contributed by atoms with Gasteiger partial charge in [-0.1, -0.05) is 12.8 Å². The molecule has 0 aromatic carbocycles. The summed E-state index contributed by atoms with van der Waals surface area (Å²) in [5.74, 6) is -0.0854. The second-order valence-electron chi connectivity index (χ2n) is 5.92. The normalized spacial score (nSPS) is 37.7. The summed E-state index contributed by atoms with van der Waals surface area (Å²) in [4.78, 5) is 14.3. The summed E-state index contributed by atoms with van der Waals surface area (Å²) >= 11 is 0. The molecule has 0 aromatic heterocycles. The molecule has 1 heterocycles. The van der Waals surface area contributed by atoms with Gasteiger partial charge in [-0.3, -0.25) is 9.69 Å². The maximum Gasteiger partial charge on any atom is 0.313 e. The van der Waals surface area contributed by atoms with Crippen LogP contribution in [-0.4, -0.2) is 47.8 Å². The summed E-state index contributed by atoms with van der Waals surface area (Å²) < 4.78 is 5.16. The molecule has 1 N–H and O–H groups in total. The number of esters is 1. The zero-order valence-corrected chi connectivity index (χ0v) is 11.5. The van der Waals surface area contributed by atoms with Crippen molar-refractivity contribution in [1.82, 2.24) is 4.90 Å². The first-order valence-corrected chi connectivity index (χ1v) is 7.16. The third kappa shape index (κ3) is 2.69. The van der Waals surface area contributed by atoms with Crippen LogP contribution in [0.15, 0.2) is 0 Å². The Morgan fingerprint density at radius 3 is 2.83 bits per heavy atom. The molecule has 0 amide bonds. The molecular formula is C14H25NO3. The lowest BCUT2D eigenvalue weighted by atomic mass is 9.89. The number of likely N-dealkylation sites (tertiary alicyclic amines) is 1. The average Bonchev–Trinajstić information content (AvgIpc) is 2.74. The fourth-order valence-electron chi connectivity index (χ4n) is 3.27. The van der Waals surface area contributed by atoms with Crippen molar-refractivity contribution in [2.75, 3.05) is 19.7 Å². The van der Waals surface area contributed by atoms with Crippen molar-refractivity contribution in [2.24, 2.45) is 5.41 Å². The van der Waals surface area contributed by atoms with Crippen molar-refractivity contribution in [3.8, 4) is 0 Å². The lowest BCUT2D eigenvalue weighted by Gasteiger charge is -2.35. The van der Waals surface area contributed by atoms with Crippen LogP contribution in [0.1, 0.15) is 46.0 Å². The van der Waals surface area contributed by atoms with Crippen LogP contribution in [0.4, 0.5) is 0 Å². The van der Waals surface area contributed by atoms with E-state index in [4.69, 9.17) is 4.74 Å². The van der Waals surface area contributed by atoms with Crippen molar-refractivity contribution in [1.29, 1.82) is 0 Å². The third-order valence-electron chi connectivity index (χ3n) is 4.43. The molecule has 0 bridgehead atoms. The van der Waals surface area contributed by atoms with E-state index in [0.717, 1.165) is 38.8 Å². The molecular weight excluding hydrogens is 230 g/mol. The molecule has 1 aliphatic carbocycles. The summed E-state index contributed by atoms with van der Waals surface area (Å²) in [6.45, 7) is 5.91. The molecule has 2 rings (SSSR count). The standard InChI is InChI=1S/C14H25NO3/c1-3-18-13(17)14(2)8-9-15(10-14)11-6-4-5-7-12(11)16/h11-12,16H,3-10H2,1-2H3. The summed E-state index contributed by atoms with van der Waals surface area (Å²) in [5, 5.41) is 10.1.